The van der Waals surface area contributed by atoms with Crippen LogP contribution in [0.15, 0.2) is 77.7 Å². The van der Waals surface area contributed by atoms with Crippen LogP contribution in [0.25, 0.3) is 0 Å². The second-order valence-corrected chi connectivity index (χ2v) is 8.43. The Hall–Kier alpha value is -3.52. The molecule has 0 saturated carbocycles. The monoisotopic (exact) mass is 440 g/mol. The first kappa shape index (κ1) is 22.2. The Morgan fingerprint density at radius 2 is 1.65 bits per heavy atom. The first-order valence-corrected chi connectivity index (χ1v) is 11.1. The molecule has 31 heavy (non-hydrogen) atoms. The highest BCUT2D eigenvalue weighted by Gasteiger charge is 2.17. The lowest BCUT2D eigenvalue weighted by atomic mass is 10.2. The van der Waals surface area contributed by atoms with Crippen molar-refractivity contribution in [1.82, 2.24) is 0 Å². The number of methoxy groups -OCH3 is 1. The smallest absolute Gasteiger partial charge is 0.262 e. The van der Waals surface area contributed by atoms with Gasteiger partial charge in [0.05, 0.1) is 30.7 Å². The van der Waals surface area contributed by atoms with Crippen molar-refractivity contribution < 1.29 is 22.7 Å². The van der Waals surface area contributed by atoms with E-state index in [9.17, 15) is 13.2 Å². The van der Waals surface area contributed by atoms with Crippen LogP contribution in [-0.4, -0.2) is 28.0 Å². The highest BCUT2D eigenvalue weighted by molar-refractivity contribution is 7.92. The van der Waals surface area contributed by atoms with E-state index in [2.05, 4.69) is 10.0 Å². The molecule has 3 aromatic carbocycles. The van der Waals surface area contributed by atoms with E-state index in [1.165, 1.54) is 19.2 Å². The van der Waals surface area contributed by atoms with Gasteiger partial charge in [-0.15, -0.1) is 0 Å². The zero-order valence-corrected chi connectivity index (χ0v) is 18.1. The van der Waals surface area contributed by atoms with Gasteiger partial charge in [-0.1, -0.05) is 36.4 Å². The molecule has 0 aliphatic rings. The van der Waals surface area contributed by atoms with Crippen molar-refractivity contribution in [3.05, 3.63) is 78.4 Å². The quantitative estimate of drug-likeness (QED) is 0.520. The molecule has 0 unspecified atom stereocenters. The van der Waals surface area contributed by atoms with Crippen LogP contribution in [0, 0.1) is 6.92 Å². The van der Waals surface area contributed by atoms with Gasteiger partial charge >= 0.3 is 0 Å². The zero-order chi connectivity index (χ0) is 22.3. The van der Waals surface area contributed by atoms with E-state index in [0.29, 0.717) is 17.1 Å². The van der Waals surface area contributed by atoms with Crippen molar-refractivity contribution in [3.63, 3.8) is 0 Å². The molecule has 0 bridgehead atoms. The van der Waals surface area contributed by atoms with Crippen LogP contribution >= 0.6 is 0 Å². The lowest BCUT2D eigenvalue weighted by Crippen LogP contribution is -2.17. The van der Waals surface area contributed by atoms with Crippen LogP contribution in [0.1, 0.15) is 12.0 Å². The third-order valence-electron chi connectivity index (χ3n) is 4.46. The third kappa shape index (κ3) is 5.99. The first-order chi connectivity index (χ1) is 14.9. The Bertz CT molecular complexity index is 1160. The number of benzene rings is 3. The highest BCUT2D eigenvalue weighted by Crippen LogP contribution is 2.27. The SMILES string of the molecule is COc1ccccc1NS(=O)(=O)c1cccc(NC(=O)CCOc2ccccc2C)c1. The minimum Gasteiger partial charge on any atom is -0.495 e. The Balaban J connectivity index is 1.62. The fourth-order valence-corrected chi connectivity index (χ4v) is 3.99. The minimum absolute atomic E-state index is 0.0207. The number of aryl methyl sites for hydroxylation is 1. The van der Waals surface area contributed by atoms with Crippen LogP contribution in [0.3, 0.4) is 0 Å². The number of hydrogen-bond donors (Lipinski definition) is 2. The average molecular weight is 441 g/mol. The van der Waals surface area contributed by atoms with Crippen molar-refractivity contribution in [2.75, 3.05) is 23.8 Å². The molecule has 2 N–H and O–H groups in total. The molecule has 0 aliphatic heterocycles. The zero-order valence-electron chi connectivity index (χ0n) is 17.3. The summed E-state index contributed by atoms with van der Waals surface area (Å²) in [5.74, 6) is 0.857. The molecule has 3 aromatic rings. The molecule has 0 atom stereocenters. The van der Waals surface area contributed by atoms with Crippen molar-refractivity contribution in [3.8, 4) is 11.5 Å². The van der Waals surface area contributed by atoms with E-state index in [-0.39, 0.29) is 23.8 Å². The molecule has 0 radical (unpaired) electrons. The van der Waals surface area contributed by atoms with Gasteiger partial charge < -0.3 is 14.8 Å². The van der Waals surface area contributed by atoms with Gasteiger partial charge in [0.25, 0.3) is 10.0 Å². The summed E-state index contributed by atoms with van der Waals surface area (Å²) < 4.78 is 38.9. The van der Waals surface area contributed by atoms with Crippen LogP contribution < -0.4 is 19.5 Å². The highest BCUT2D eigenvalue weighted by atomic mass is 32.2. The van der Waals surface area contributed by atoms with Gasteiger partial charge in [-0.25, -0.2) is 8.42 Å². The van der Waals surface area contributed by atoms with E-state index in [0.717, 1.165) is 11.3 Å². The molecule has 1 amide bonds. The number of ether oxygens (including phenoxy) is 2. The molecular formula is C23H24N2O5S. The number of para-hydroxylation sites is 3. The Morgan fingerprint density at radius 3 is 2.39 bits per heavy atom. The molecule has 0 heterocycles. The molecule has 7 nitrogen and oxygen atoms in total. The largest absolute Gasteiger partial charge is 0.495 e. The second kappa shape index (κ2) is 9.99. The van der Waals surface area contributed by atoms with Crippen molar-refractivity contribution in [1.29, 1.82) is 0 Å². The maximum Gasteiger partial charge on any atom is 0.262 e. The fourth-order valence-electron chi connectivity index (χ4n) is 2.87. The van der Waals surface area contributed by atoms with Crippen LogP contribution in [-0.2, 0) is 14.8 Å². The standard InChI is InChI=1S/C23H24N2O5S/c1-17-8-3-5-12-21(17)30-15-14-23(26)24-18-9-7-10-19(16-18)31(27,28)25-20-11-4-6-13-22(20)29-2/h3-13,16,25H,14-15H2,1-2H3,(H,24,26). The molecule has 0 saturated heterocycles. The molecule has 3 rings (SSSR count). The molecule has 8 heteroatoms. The number of carbonyl (C=O) groups is 1. The van der Waals surface area contributed by atoms with Gasteiger partial charge in [-0.3, -0.25) is 9.52 Å². The normalized spacial score (nSPS) is 10.9. The van der Waals surface area contributed by atoms with Crippen molar-refractivity contribution >= 4 is 27.3 Å². The fraction of sp³-hybridized carbons (Fsp3) is 0.174. The third-order valence-corrected chi connectivity index (χ3v) is 5.82. The maximum absolute atomic E-state index is 12.8. The summed E-state index contributed by atoms with van der Waals surface area (Å²) in [6.45, 7) is 2.14. The minimum atomic E-state index is -3.87. The van der Waals surface area contributed by atoms with Crippen LogP contribution in [0.5, 0.6) is 11.5 Å². The number of amides is 1. The van der Waals surface area contributed by atoms with E-state index in [1.54, 1.807) is 36.4 Å². The summed E-state index contributed by atoms with van der Waals surface area (Å²) in [5.41, 5.74) is 1.69. The van der Waals surface area contributed by atoms with Gasteiger partial charge in [-0.05, 0) is 48.9 Å². The van der Waals surface area contributed by atoms with Crippen LogP contribution in [0.2, 0.25) is 0 Å². The Kier molecular flexibility index (Phi) is 7.15. The second-order valence-electron chi connectivity index (χ2n) is 6.75. The number of carbonyl (C=O) groups excluding carboxylic acids is 1. The van der Waals surface area contributed by atoms with Gasteiger partial charge in [0, 0.05) is 5.69 Å². The Labute approximate surface area is 182 Å². The number of sulfonamides is 1. The van der Waals surface area contributed by atoms with Gasteiger partial charge in [0.2, 0.25) is 5.91 Å². The summed E-state index contributed by atoms with van der Waals surface area (Å²) >= 11 is 0. The number of anilines is 2. The molecule has 0 aromatic heterocycles. The summed E-state index contributed by atoms with van der Waals surface area (Å²) in [7, 11) is -2.40. The Morgan fingerprint density at radius 1 is 0.935 bits per heavy atom. The summed E-state index contributed by atoms with van der Waals surface area (Å²) in [6, 6.07) is 20.3. The molecule has 0 spiro atoms. The average Bonchev–Trinajstić information content (AvgIpc) is 2.75. The number of nitrogens with one attached hydrogen (secondary N) is 2. The van der Waals surface area contributed by atoms with Gasteiger partial charge in [0.1, 0.15) is 11.5 Å². The number of hydrogen-bond acceptors (Lipinski definition) is 5. The van der Waals surface area contributed by atoms with Crippen LogP contribution in [0.4, 0.5) is 11.4 Å². The molecule has 0 fully saturated rings. The summed E-state index contributed by atoms with van der Waals surface area (Å²) in [4.78, 5) is 12.3. The van der Waals surface area contributed by atoms with Crippen molar-refractivity contribution in [2.45, 2.75) is 18.2 Å². The molecular weight excluding hydrogens is 416 g/mol. The lowest BCUT2D eigenvalue weighted by molar-refractivity contribution is -0.116. The predicted molar refractivity (Wildman–Crippen MR) is 120 cm³/mol. The summed E-state index contributed by atoms with van der Waals surface area (Å²) in [5, 5.41) is 2.71. The van der Waals surface area contributed by atoms with E-state index in [1.807, 2.05) is 31.2 Å². The van der Waals surface area contributed by atoms with Gasteiger partial charge in [0.15, 0.2) is 0 Å². The number of rotatable bonds is 9. The molecule has 0 aliphatic carbocycles. The topological polar surface area (TPSA) is 93.7 Å². The van der Waals surface area contributed by atoms with Gasteiger partial charge in [-0.2, -0.15) is 0 Å². The maximum atomic E-state index is 12.8. The first-order valence-electron chi connectivity index (χ1n) is 9.63. The van der Waals surface area contributed by atoms with Crippen molar-refractivity contribution in [2.24, 2.45) is 0 Å². The lowest BCUT2D eigenvalue weighted by Gasteiger charge is -2.13. The van der Waals surface area contributed by atoms with E-state index in [4.69, 9.17) is 9.47 Å². The van der Waals surface area contributed by atoms with E-state index < -0.39 is 10.0 Å². The van der Waals surface area contributed by atoms with E-state index >= 15 is 0 Å². The molecule has 162 valence electrons. The summed E-state index contributed by atoms with van der Waals surface area (Å²) in [6.07, 6.45) is 0.130. The predicted octanol–water partition coefficient (Wildman–Crippen LogP) is 4.21.